The molecule has 0 aliphatic heterocycles. The highest BCUT2D eigenvalue weighted by molar-refractivity contribution is 6.31. The number of hydrogen-bond acceptors (Lipinski definition) is 4. The van der Waals surface area contributed by atoms with Gasteiger partial charge in [0.15, 0.2) is 0 Å². The molecule has 3 N–H and O–H groups in total. The third kappa shape index (κ3) is 4.35. The second-order valence-corrected chi connectivity index (χ2v) is 5.99. The summed E-state index contributed by atoms with van der Waals surface area (Å²) in [5.41, 5.74) is 8.84. The van der Waals surface area contributed by atoms with Crippen LogP contribution < -0.4 is 5.73 Å². The highest BCUT2D eigenvalue weighted by Crippen LogP contribution is 2.34. The van der Waals surface area contributed by atoms with E-state index in [1.807, 2.05) is 37.3 Å². The number of benzene rings is 2. The van der Waals surface area contributed by atoms with Gasteiger partial charge in [-0.15, -0.1) is 0 Å². The Bertz CT molecular complexity index is 689. The molecule has 2 rings (SSSR count). The zero-order valence-electron chi connectivity index (χ0n) is 13.7. The predicted molar refractivity (Wildman–Crippen MR) is 95.6 cm³/mol. The lowest BCUT2D eigenvalue weighted by Crippen LogP contribution is -2.26. The van der Waals surface area contributed by atoms with Gasteiger partial charge in [0.25, 0.3) is 0 Å². The normalized spacial score (nSPS) is 12.0. The van der Waals surface area contributed by atoms with Crippen molar-refractivity contribution >= 4 is 17.6 Å². The maximum atomic E-state index is 12.3. The van der Waals surface area contributed by atoms with Gasteiger partial charge in [-0.1, -0.05) is 55.3 Å². The van der Waals surface area contributed by atoms with Crippen LogP contribution >= 0.6 is 11.6 Å². The van der Waals surface area contributed by atoms with E-state index in [1.165, 1.54) is 0 Å². The molecule has 4 nitrogen and oxygen atoms in total. The van der Waals surface area contributed by atoms with Crippen molar-refractivity contribution in [3.05, 3.63) is 58.6 Å². The van der Waals surface area contributed by atoms with Crippen LogP contribution in [-0.2, 0) is 16.1 Å². The maximum absolute atomic E-state index is 12.3. The molecule has 0 spiro atoms. The largest absolute Gasteiger partial charge is 0.464 e. The minimum absolute atomic E-state index is 0.258. The van der Waals surface area contributed by atoms with Crippen molar-refractivity contribution in [3.63, 3.8) is 0 Å². The number of aliphatic hydroxyl groups excluding tert-OH is 1. The zero-order chi connectivity index (χ0) is 17.5. The van der Waals surface area contributed by atoms with E-state index < -0.39 is 12.0 Å². The molecule has 0 aliphatic rings. The van der Waals surface area contributed by atoms with Crippen molar-refractivity contribution < 1.29 is 14.6 Å². The average molecular weight is 348 g/mol. The fraction of sp³-hybridized carbons (Fsp3) is 0.316. The molecule has 0 bridgehead atoms. The molecule has 128 valence electrons. The Labute approximate surface area is 147 Å². The van der Waals surface area contributed by atoms with E-state index in [1.54, 1.807) is 12.1 Å². The molecule has 0 radical (unpaired) electrons. The van der Waals surface area contributed by atoms with Gasteiger partial charge in [-0.3, -0.25) is 0 Å². The van der Waals surface area contributed by atoms with Crippen molar-refractivity contribution in [3.8, 4) is 11.1 Å². The lowest BCUT2D eigenvalue weighted by atomic mass is 9.91. The van der Waals surface area contributed by atoms with Gasteiger partial charge in [-0.05, 0) is 40.8 Å². The Morgan fingerprint density at radius 2 is 2.00 bits per heavy atom. The summed E-state index contributed by atoms with van der Waals surface area (Å²) in [6, 6.07) is 11.9. The van der Waals surface area contributed by atoms with E-state index >= 15 is 0 Å². The number of aliphatic hydroxyl groups is 1. The van der Waals surface area contributed by atoms with E-state index in [0.717, 1.165) is 24.0 Å². The molecule has 1 atom stereocenters. The van der Waals surface area contributed by atoms with Crippen LogP contribution in [-0.4, -0.2) is 17.7 Å². The molecule has 0 saturated carbocycles. The number of esters is 1. The van der Waals surface area contributed by atoms with E-state index in [-0.39, 0.29) is 6.61 Å². The molecule has 0 aromatic heterocycles. The molecule has 2 aromatic carbocycles. The highest BCUT2D eigenvalue weighted by atomic mass is 35.5. The first-order valence-corrected chi connectivity index (χ1v) is 8.37. The number of carbonyl (C=O) groups excluding carboxylic acids is 1. The van der Waals surface area contributed by atoms with Crippen molar-refractivity contribution in [1.29, 1.82) is 0 Å². The molecule has 5 heteroatoms. The van der Waals surface area contributed by atoms with Crippen LogP contribution in [0, 0.1) is 0 Å². The quantitative estimate of drug-likeness (QED) is 0.589. The molecule has 0 aliphatic carbocycles. The lowest BCUT2D eigenvalue weighted by Gasteiger charge is -2.20. The summed E-state index contributed by atoms with van der Waals surface area (Å²) in [5.74, 6) is -0.502. The van der Waals surface area contributed by atoms with Gasteiger partial charge in [0, 0.05) is 5.02 Å². The summed E-state index contributed by atoms with van der Waals surface area (Å²) >= 11 is 6.17. The summed E-state index contributed by atoms with van der Waals surface area (Å²) in [7, 11) is 0. The lowest BCUT2D eigenvalue weighted by molar-refractivity contribution is -0.145. The Morgan fingerprint density at radius 1 is 1.29 bits per heavy atom. The van der Waals surface area contributed by atoms with Crippen LogP contribution in [0.2, 0.25) is 5.02 Å². The van der Waals surface area contributed by atoms with Gasteiger partial charge >= 0.3 is 5.97 Å². The second kappa shape index (κ2) is 8.83. The van der Waals surface area contributed by atoms with E-state index in [2.05, 4.69) is 0 Å². The molecule has 0 fully saturated rings. The first kappa shape index (κ1) is 18.5. The highest BCUT2D eigenvalue weighted by Gasteiger charge is 2.24. The standard InChI is InChI=1S/C19H22ClNO3/c1-2-3-9-24-19(23)18(21)17-14(12-22)10-15(20)11-16(17)13-7-5-4-6-8-13/h4-8,10-11,18,22H,2-3,9,12,21H2,1H3. The first-order valence-electron chi connectivity index (χ1n) is 7.99. The molecule has 1 unspecified atom stereocenters. The van der Waals surface area contributed by atoms with E-state index in [0.29, 0.717) is 22.8 Å². The summed E-state index contributed by atoms with van der Waals surface area (Å²) in [5, 5.41) is 10.2. The summed E-state index contributed by atoms with van der Waals surface area (Å²) < 4.78 is 5.24. The predicted octanol–water partition coefficient (Wildman–Crippen LogP) is 3.84. The third-order valence-electron chi connectivity index (χ3n) is 3.79. The number of ether oxygens (including phenoxy) is 1. The Morgan fingerprint density at radius 3 is 2.62 bits per heavy atom. The molecular formula is C19H22ClNO3. The summed E-state index contributed by atoms with van der Waals surface area (Å²) in [4.78, 5) is 12.3. The smallest absolute Gasteiger partial charge is 0.327 e. The fourth-order valence-electron chi connectivity index (χ4n) is 2.55. The van der Waals surface area contributed by atoms with Gasteiger partial charge in [-0.2, -0.15) is 0 Å². The molecule has 2 aromatic rings. The van der Waals surface area contributed by atoms with Gasteiger partial charge in [0.1, 0.15) is 6.04 Å². The number of carbonyl (C=O) groups is 1. The third-order valence-corrected chi connectivity index (χ3v) is 4.01. The summed E-state index contributed by atoms with van der Waals surface area (Å²) in [6.07, 6.45) is 1.72. The summed E-state index contributed by atoms with van der Waals surface area (Å²) in [6.45, 7) is 2.10. The van der Waals surface area contributed by atoms with Crippen LogP contribution in [0.4, 0.5) is 0 Å². The van der Waals surface area contributed by atoms with Crippen LogP contribution in [0.5, 0.6) is 0 Å². The Kier molecular flexibility index (Phi) is 6.79. The number of halogens is 1. The van der Waals surface area contributed by atoms with Gasteiger partial charge in [-0.25, -0.2) is 4.79 Å². The Hall–Kier alpha value is -1.88. The van der Waals surface area contributed by atoms with Crippen molar-refractivity contribution in [2.45, 2.75) is 32.4 Å². The molecule has 0 saturated heterocycles. The van der Waals surface area contributed by atoms with Gasteiger partial charge in [0.2, 0.25) is 0 Å². The van der Waals surface area contributed by atoms with Crippen LogP contribution in [0.3, 0.4) is 0 Å². The van der Waals surface area contributed by atoms with E-state index in [9.17, 15) is 9.90 Å². The topological polar surface area (TPSA) is 72.5 Å². The first-order chi connectivity index (χ1) is 11.6. The van der Waals surface area contributed by atoms with Crippen molar-refractivity contribution in [1.82, 2.24) is 0 Å². The molecular weight excluding hydrogens is 326 g/mol. The minimum atomic E-state index is -0.975. The van der Waals surface area contributed by atoms with Gasteiger partial charge < -0.3 is 15.6 Å². The molecule has 24 heavy (non-hydrogen) atoms. The molecule has 0 amide bonds. The second-order valence-electron chi connectivity index (χ2n) is 5.55. The Balaban J connectivity index is 2.45. The van der Waals surface area contributed by atoms with E-state index in [4.69, 9.17) is 22.1 Å². The number of rotatable bonds is 7. The molecule has 0 heterocycles. The van der Waals surface area contributed by atoms with Crippen LogP contribution in [0.15, 0.2) is 42.5 Å². The minimum Gasteiger partial charge on any atom is -0.464 e. The zero-order valence-corrected chi connectivity index (χ0v) is 14.4. The average Bonchev–Trinajstić information content (AvgIpc) is 2.61. The number of hydrogen-bond donors (Lipinski definition) is 2. The van der Waals surface area contributed by atoms with Crippen molar-refractivity contribution in [2.75, 3.05) is 6.61 Å². The van der Waals surface area contributed by atoms with Crippen LogP contribution in [0.25, 0.3) is 11.1 Å². The fourth-order valence-corrected chi connectivity index (χ4v) is 2.79. The number of nitrogens with two attached hydrogens (primary N) is 1. The maximum Gasteiger partial charge on any atom is 0.327 e. The van der Waals surface area contributed by atoms with Gasteiger partial charge in [0.05, 0.1) is 13.2 Å². The van der Waals surface area contributed by atoms with Crippen LogP contribution in [0.1, 0.15) is 36.9 Å². The monoisotopic (exact) mass is 347 g/mol. The van der Waals surface area contributed by atoms with Crippen molar-refractivity contribution in [2.24, 2.45) is 5.73 Å². The number of unbranched alkanes of at least 4 members (excludes halogenated alkanes) is 1. The SMILES string of the molecule is CCCCOC(=O)C(N)c1c(CO)cc(Cl)cc1-c1ccccc1.